The van der Waals surface area contributed by atoms with Crippen molar-refractivity contribution in [1.29, 1.82) is 0 Å². The Bertz CT molecular complexity index is 1230. The number of nitrogens with zero attached hydrogens (tertiary/aromatic N) is 2. The molecule has 0 atom stereocenters. The highest BCUT2D eigenvalue weighted by molar-refractivity contribution is 5.99. The summed E-state index contributed by atoms with van der Waals surface area (Å²) >= 11 is 0. The Balaban J connectivity index is 1.74. The Morgan fingerprint density at radius 2 is 2.03 bits per heavy atom. The SMILES string of the molecule is [2H]c1cc([2H])c(Nc2nc(Nc3ccc(OCC([2H])([2H])OC)cc3)ncc2F)cc1NC(=O)C=C. The number of anilines is 5. The molecular weight excluding hydrogens is 401 g/mol. The molecule has 9 heteroatoms. The fourth-order valence-electron chi connectivity index (χ4n) is 2.33. The molecule has 160 valence electrons. The molecule has 0 unspecified atom stereocenters. The summed E-state index contributed by atoms with van der Waals surface area (Å²) in [5.41, 5.74) is 0.780. The molecule has 0 aliphatic carbocycles. The number of carbonyl (C=O) groups is 1. The van der Waals surface area contributed by atoms with Gasteiger partial charge < -0.3 is 25.4 Å². The third-order valence-corrected chi connectivity index (χ3v) is 3.74. The van der Waals surface area contributed by atoms with Gasteiger partial charge in [-0.05, 0) is 48.5 Å². The van der Waals surface area contributed by atoms with Gasteiger partial charge in [-0.25, -0.2) is 9.37 Å². The maximum Gasteiger partial charge on any atom is 0.247 e. The average molecular weight is 427 g/mol. The Labute approximate surface area is 184 Å². The zero-order valence-electron chi connectivity index (χ0n) is 20.5. The van der Waals surface area contributed by atoms with E-state index in [4.69, 9.17) is 10.2 Å². The molecule has 2 aromatic carbocycles. The second-order valence-electron chi connectivity index (χ2n) is 5.90. The van der Waals surface area contributed by atoms with Gasteiger partial charge in [0, 0.05) is 24.2 Å². The van der Waals surface area contributed by atoms with Crippen molar-refractivity contribution in [3.63, 3.8) is 0 Å². The van der Waals surface area contributed by atoms with Gasteiger partial charge in [0.25, 0.3) is 0 Å². The maximum absolute atomic E-state index is 14.4. The summed E-state index contributed by atoms with van der Waals surface area (Å²) in [5, 5.41) is 8.05. The van der Waals surface area contributed by atoms with Crippen LogP contribution in [0, 0.1) is 5.82 Å². The highest BCUT2D eigenvalue weighted by atomic mass is 19.1. The van der Waals surface area contributed by atoms with Crippen LogP contribution < -0.4 is 20.7 Å². The quantitative estimate of drug-likeness (QED) is 0.416. The number of hydrogen-bond acceptors (Lipinski definition) is 7. The average Bonchev–Trinajstić information content (AvgIpc) is 2.83. The van der Waals surface area contributed by atoms with Gasteiger partial charge in [0.05, 0.1) is 18.2 Å². The minimum Gasteiger partial charge on any atom is -0.491 e. The lowest BCUT2D eigenvalue weighted by Gasteiger charge is -2.11. The van der Waals surface area contributed by atoms with Crippen LogP contribution in [0.1, 0.15) is 5.48 Å². The minimum atomic E-state index is -1.92. The maximum atomic E-state index is 14.4. The van der Waals surface area contributed by atoms with E-state index >= 15 is 0 Å². The van der Waals surface area contributed by atoms with E-state index in [1.165, 1.54) is 19.2 Å². The molecule has 0 aliphatic rings. The first-order valence-electron chi connectivity index (χ1n) is 11.0. The first-order chi connectivity index (χ1) is 16.6. The van der Waals surface area contributed by atoms with Crippen LogP contribution in [0.5, 0.6) is 5.75 Å². The molecule has 1 amide bonds. The molecule has 0 saturated heterocycles. The molecule has 0 aliphatic heterocycles. The number of benzene rings is 2. The standard InChI is InChI=1S/C22H22FN5O3/c1-3-20(29)25-16-5-4-6-17(13-16)26-21-19(23)14-24-22(28-21)27-15-7-9-18(10-8-15)31-12-11-30-2/h3-10,13-14H,1,11-12H2,2H3,(H,25,29)(H2,24,26,27,28)/i5D,6D,11D2. The van der Waals surface area contributed by atoms with Crippen molar-refractivity contribution < 1.29 is 24.1 Å². The van der Waals surface area contributed by atoms with Crippen molar-refractivity contribution in [3.05, 3.63) is 73.2 Å². The first kappa shape index (κ1) is 16.8. The minimum absolute atomic E-state index is 0.0575. The van der Waals surface area contributed by atoms with E-state index in [1.54, 1.807) is 24.3 Å². The molecule has 0 fully saturated rings. The number of methoxy groups -OCH3 is 1. The normalized spacial score (nSPS) is 12.6. The van der Waals surface area contributed by atoms with Crippen molar-refractivity contribution in [3.8, 4) is 5.75 Å². The predicted molar refractivity (Wildman–Crippen MR) is 118 cm³/mol. The third-order valence-electron chi connectivity index (χ3n) is 3.74. The lowest BCUT2D eigenvalue weighted by molar-refractivity contribution is -0.111. The molecule has 0 saturated carbocycles. The van der Waals surface area contributed by atoms with Gasteiger partial charge in [0.15, 0.2) is 11.6 Å². The van der Waals surface area contributed by atoms with Crippen LogP contribution in [0.4, 0.5) is 33.2 Å². The van der Waals surface area contributed by atoms with Gasteiger partial charge in [-0.1, -0.05) is 12.6 Å². The van der Waals surface area contributed by atoms with Crippen LogP contribution >= 0.6 is 0 Å². The van der Waals surface area contributed by atoms with Crippen LogP contribution in [0.15, 0.2) is 67.3 Å². The van der Waals surface area contributed by atoms with E-state index in [-0.39, 0.29) is 41.8 Å². The topological polar surface area (TPSA) is 97.4 Å². The number of nitrogens with one attached hydrogen (secondary N) is 3. The number of carbonyl (C=O) groups excluding carboxylic acids is 1. The number of hydrogen-bond donors (Lipinski definition) is 3. The molecule has 0 spiro atoms. The summed E-state index contributed by atoms with van der Waals surface area (Å²) < 4.78 is 55.4. The van der Waals surface area contributed by atoms with Crippen molar-refractivity contribution >= 4 is 34.7 Å². The molecule has 31 heavy (non-hydrogen) atoms. The van der Waals surface area contributed by atoms with Crippen molar-refractivity contribution in [2.24, 2.45) is 0 Å². The molecule has 3 rings (SSSR count). The second kappa shape index (κ2) is 10.7. The van der Waals surface area contributed by atoms with E-state index in [0.717, 1.165) is 12.3 Å². The first-order valence-corrected chi connectivity index (χ1v) is 8.99. The van der Waals surface area contributed by atoms with E-state index < -0.39 is 18.3 Å². The monoisotopic (exact) mass is 427 g/mol. The highest BCUT2D eigenvalue weighted by Crippen LogP contribution is 2.23. The van der Waals surface area contributed by atoms with Gasteiger partial charge in [-0.2, -0.15) is 4.98 Å². The third kappa shape index (κ3) is 6.51. The van der Waals surface area contributed by atoms with Gasteiger partial charge in [-0.15, -0.1) is 0 Å². The van der Waals surface area contributed by atoms with Crippen molar-refractivity contribution in [2.45, 2.75) is 0 Å². The zero-order valence-corrected chi connectivity index (χ0v) is 16.5. The smallest absolute Gasteiger partial charge is 0.247 e. The summed E-state index contributed by atoms with van der Waals surface area (Å²) in [4.78, 5) is 19.6. The van der Waals surface area contributed by atoms with E-state index in [1.807, 2.05) is 0 Å². The molecule has 1 heterocycles. The van der Waals surface area contributed by atoms with E-state index in [2.05, 4.69) is 37.2 Å². The second-order valence-corrected chi connectivity index (χ2v) is 5.90. The Morgan fingerprint density at radius 1 is 1.26 bits per heavy atom. The van der Waals surface area contributed by atoms with Gasteiger partial charge in [-0.3, -0.25) is 4.79 Å². The van der Waals surface area contributed by atoms with Crippen LogP contribution in [-0.4, -0.2) is 36.2 Å². The Morgan fingerprint density at radius 3 is 2.77 bits per heavy atom. The highest BCUT2D eigenvalue weighted by Gasteiger charge is 2.09. The van der Waals surface area contributed by atoms with Gasteiger partial charge in [0.1, 0.15) is 12.4 Å². The number of amides is 1. The fraction of sp³-hybridized carbons (Fsp3) is 0.136. The molecule has 0 bridgehead atoms. The summed E-state index contributed by atoms with van der Waals surface area (Å²) in [7, 11) is 1.25. The molecule has 3 N–H and O–H groups in total. The summed E-state index contributed by atoms with van der Waals surface area (Å²) in [6.45, 7) is 1.15. The van der Waals surface area contributed by atoms with Crippen LogP contribution in [0.3, 0.4) is 0 Å². The van der Waals surface area contributed by atoms with Crippen LogP contribution in [0.2, 0.25) is 0 Å². The molecule has 8 nitrogen and oxygen atoms in total. The van der Waals surface area contributed by atoms with Crippen molar-refractivity contribution in [2.75, 3.05) is 36.2 Å². The number of ether oxygens (including phenoxy) is 2. The van der Waals surface area contributed by atoms with Crippen molar-refractivity contribution in [1.82, 2.24) is 9.97 Å². The molecule has 3 aromatic rings. The summed E-state index contributed by atoms with van der Waals surface area (Å²) in [6.07, 6.45) is 1.99. The zero-order chi connectivity index (χ0) is 25.6. The Hall–Kier alpha value is -3.98. The van der Waals surface area contributed by atoms with Gasteiger partial charge in [0.2, 0.25) is 11.9 Å². The number of aromatic nitrogens is 2. The summed E-state index contributed by atoms with van der Waals surface area (Å²) in [5.74, 6) is -1.06. The molecule has 1 aromatic heterocycles. The van der Waals surface area contributed by atoms with Crippen LogP contribution in [0.25, 0.3) is 0 Å². The molecule has 0 radical (unpaired) electrons. The Kier molecular flexibility index (Phi) is 5.79. The van der Waals surface area contributed by atoms with E-state index in [0.29, 0.717) is 11.4 Å². The fourth-order valence-corrected chi connectivity index (χ4v) is 2.33. The largest absolute Gasteiger partial charge is 0.491 e. The van der Waals surface area contributed by atoms with E-state index in [9.17, 15) is 9.18 Å². The predicted octanol–water partition coefficient (Wildman–Crippen LogP) is 4.25. The van der Waals surface area contributed by atoms with Gasteiger partial charge >= 0.3 is 0 Å². The number of halogens is 1. The lowest BCUT2D eigenvalue weighted by atomic mass is 10.2. The molecular formula is C22H22FN5O3. The summed E-state index contributed by atoms with van der Waals surface area (Å²) in [6, 6.07) is 8.81. The van der Waals surface area contributed by atoms with Crippen LogP contribution in [-0.2, 0) is 9.53 Å². The lowest BCUT2D eigenvalue weighted by Crippen LogP contribution is -2.07. The number of rotatable bonds is 10.